The van der Waals surface area contributed by atoms with Crippen molar-refractivity contribution in [3.05, 3.63) is 59.2 Å². The number of aryl methyl sites for hydroxylation is 1. The van der Waals surface area contributed by atoms with Gasteiger partial charge in [-0.15, -0.1) is 0 Å². The van der Waals surface area contributed by atoms with Crippen LogP contribution in [0, 0.1) is 6.92 Å². The molecule has 4 heteroatoms. The lowest BCUT2D eigenvalue weighted by Crippen LogP contribution is -2.34. The van der Waals surface area contributed by atoms with E-state index in [-0.39, 0.29) is 23.2 Å². The molecule has 0 aliphatic heterocycles. The maximum atomic E-state index is 11.5. The lowest BCUT2D eigenvalue weighted by atomic mass is 9.61. The molecule has 0 saturated carbocycles. The zero-order chi connectivity index (χ0) is 22.3. The Morgan fingerprint density at radius 1 is 1.07 bits per heavy atom. The Balaban J connectivity index is 2.34. The molecule has 0 atom stereocenters. The van der Waals surface area contributed by atoms with E-state index in [2.05, 4.69) is 53.3 Å². The Kier molecular flexibility index (Phi) is 5.83. The number of methoxy groups -OCH3 is 1. The van der Waals surface area contributed by atoms with Gasteiger partial charge >= 0.3 is 5.97 Å². The average Bonchev–Trinajstić information content (AvgIpc) is 2.68. The van der Waals surface area contributed by atoms with Crippen molar-refractivity contribution in [3.63, 3.8) is 0 Å². The molecule has 0 unspecified atom stereocenters. The van der Waals surface area contributed by atoms with E-state index in [0.29, 0.717) is 11.3 Å². The molecule has 0 spiro atoms. The highest BCUT2D eigenvalue weighted by Gasteiger charge is 2.39. The van der Waals surface area contributed by atoms with E-state index in [0.717, 1.165) is 24.0 Å². The van der Waals surface area contributed by atoms with Gasteiger partial charge in [0.2, 0.25) is 0 Å². The molecule has 30 heavy (non-hydrogen) atoms. The largest absolute Gasteiger partial charge is 0.478 e. The summed E-state index contributed by atoms with van der Waals surface area (Å²) in [5, 5.41) is 9.44. The van der Waals surface area contributed by atoms with Crippen molar-refractivity contribution in [1.29, 1.82) is 0 Å². The molecule has 3 rings (SSSR count). The summed E-state index contributed by atoms with van der Waals surface area (Å²) in [7, 11) is 1.58. The fourth-order valence-electron chi connectivity index (χ4n) is 4.45. The van der Waals surface area contributed by atoms with Crippen LogP contribution < -0.4 is 4.74 Å². The number of carbonyl (C=O) groups is 1. The molecule has 0 heterocycles. The van der Waals surface area contributed by atoms with Gasteiger partial charge in [0.15, 0.2) is 6.79 Å². The second kappa shape index (κ2) is 7.92. The molecule has 1 aliphatic rings. The van der Waals surface area contributed by atoms with Crippen molar-refractivity contribution in [2.75, 3.05) is 13.9 Å². The number of hydrogen-bond acceptors (Lipinski definition) is 3. The molecule has 0 fully saturated rings. The van der Waals surface area contributed by atoms with Crippen LogP contribution in [-0.2, 0) is 20.4 Å². The van der Waals surface area contributed by atoms with Gasteiger partial charge in [-0.25, -0.2) is 4.79 Å². The molecular formula is C26H32O4. The smallest absolute Gasteiger partial charge is 0.335 e. The van der Waals surface area contributed by atoms with Crippen molar-refractivity contribution >= 4 is 11.5 Å². The minimum Gasteiger partial charge on any atom is -0.478 e. The van der Waals surface area contributed by atoms with Gasteiger partial charge in [0.05, 0.1) is 5.57 Å². The molecule has 1 aliphatic carbocycles. The number of carboxylic acids is 1. The van der Waals surface area contributed by atoms with E-state index in [9.17, 15) is 9.90 Å². The molecule has 0 aromatic heterocycles. The van der Waals surface area contributed by atoms with Crippen molar-refractivity contribution in [3.8, 4) is 16.9 Å². The highest BCUT2D eigenvalue weighted by atomic mass is 16.7. The molecule has 0 amide bonds. The van der Waals surface area contributed by atoms with Gasteiger partial charge in [0.1, 0.15) is 5.75 Å². The van der Waals surface area contributed by atoms with Gasteiger partial charge in [-0.1, -0.05) is 58.0 Å². The van der Waals surface area contributed by atoms with Crippen molar-refractivity contribution < 1.29 is 19.4 Å². The van der Waals surface area contributed by atoms with E-state index in [1.807, 2.05) is 12.1 Å². The summed E-state index contributed by atoms with van der Waals surface area (Å²) in [5.41, 5.74) is 6.51. The Morgan fingerprint density at radius 3 is 2.37 bits per heavy atom. The minimum atomic E-state index is -1.03. The number of aliphatic carboxylic acids is 1. The van der Waals surface area contributed by atoms with Crippen molar-refractivity contribution in [2.24, 2.45) is 0 Å². The van der Waals surface area contributed by atoms with Gasteiger partial charge < -0.3 is 14.6 Å². The molecule has 2 aromatic carbocycles. The summed E-state index contributed by atoms with van der Waals surface area (Å²) in [5.74, 6) is -0.356. The molecular weight excluding hydrogens is 376 g/mol. The first-order valence-corrected chi connectivity index (χ1v) is 10.3. The number of ether oxygens (including phenoxy) is 2. The SMILES string of the molecule is C=C(C(=O)O)c1ccc(OCOC)c(-c2cc(C)cc3c2C(C)(C)CCC3(C)C)c1. The Bertz CT molecular complexity index is 998. The molecule has 0 radical (unpaired) electrons. The van der Waals surface area contributed by atoms with Crippen molar-refractivity contribution in [1.82, 2.24) is 0 Å². The Labute approximate surface area is 179 Å². The molecule has 0 bridgehead atoms. The second-order valence-electron chi connectivity index (χ2n) is 9.55. The lowest BCUT2D eigenvalue weighted by Gasteiger charge is -2.43. The zero-order valence-corrected chi connectivity index (χ0v) is 18.9. The fourth-order valence-corrected chi connectivity index (χ4v) is 4.45. The monoisotopic (exact) mass is 408 g/mol. The van der Waals surface area contributed by atoms with Crippen molar-refractivity contribution in [2.45, 2.75) is 58.3 Å². The molecule has 2 aromatic rings. The summed E-state index contributed by atoms with van der Waals surface area (Å²) in [4.78, 5) is 11.5. The maximum absolute atomic E-state index is 11.5. The number of hydrogen-bond donors (Lipinski definition) is 1. The van der Waals surface area contributed by atoms with Crippen LogP contribution in [0.3, 0.4) is 0 Å². The van der Waals surface area contributed by atoms with Crippen LogP contribution in [0.25, 0.3) is 16.7 Å². The predicted octanol–water partition coefficient (Wildman–Crippen LogP) is 6.09. The molecule has 1 N–H and O–H groups in total. The maximum Gasteiger partial charge on any atom is 0.335 e. The lowest BCUT2D eigenvalue weighted by molar-refractivity contribution is -0.130. The number of benzene rings is 2. The normalized spacial score (nSPS) is 16.6. The highest BCUT2D eigenvalue weighted by Crippen LogP contribution is 2.51. The van der Waals surface area contributed by atoms with Crippen LogP contribution in [0.15, 0.2) is 36.9 Å². The summed E-state index contributed by atoms with van der Waals surface area (Å²) in [6, 6.07) is 9.92. The number of fused-ring (bicyclic) bond motifs is 1. The number of carboxylic acid groups (broad SMARTS) is 1. The molecule has 0 saturated heterocycles. The van der Waals surface area contributed by atoms with Crippen LogP contribution in [0.2, 0.25) is 0 Å². The van der Waals surface area contributed by atoms with Gasteiger partial charge in [-0.3, -0.25) is 0 Å². The van der Waals surface area contributed by atoms with Gasteiger partial charge in [0.25, 0.3) is 0 Å². The first kappa shape index (κ1) is 22.1. The number of rotatable bonds is 6. The first-order valence-electron chi connectivity index (χ1n) is 10.3. The Hall–Kier alpha value is -2.59. The van der Waals surface area contributed by atoms with Gasteiger partial charge in [-0.05, 0) is 65.0 Å². The summed E-state index contributed by atoms with van der Waals surface area (Å²) >= 11 is 0. The van der Waals surface area contributed by atoms with Gasteiger partial charge in [0, 0.05) is 12.7 Å². The summed E-state index contributed by atoms with van der Waals surface area (Å²) < 4.78 is 11.0. The van der Waals surface area contributed by atoms with Gasteiger partial charge in [-0.2, -0.15) is 0 Å². The standard InChI is InChI=1S/C26H32O4/c1-16-12-20(23-21(13-16)25(3,4)10-11-26(23,5)6)19-14-18(17(2)24(27)28)8-9-22(19)30-15-29-7/h8-9,12-14H,2,10-11,15H2,1,3-7H3,(H,27,28). The third kappa shape index (κ3) is 4.01. The van der Waals surface area contributed by atoms with E-state index in [4.69, 9.17) is 9.47 Å². The minimum absolute atomic E-state index is 0.00771. The van der Waals surface area contributed by atoms with E-state index < -0.39 is 5.97 Å². The second-order valence-corrected chi connectivity index (χ2v) is 9.55. The topological polar surface area (TPSA) is 55.8 Å². The summed E-state index contributed by atoms with van der Waals surface area (Å²) in [6.45, 7) is 15.1. The fraction of sp³-hybridized carbons (Fsp3) is 0.423. The highest BCUT2D eigenvalue weighted by molar-refractivity contribution is 6.14. The third-order valence-electron chi connectivity index (χ3n) is 6.27. The third-order valence-corrected chi connectivity index (χ3v) is 6.27. The summed E-state index contributed by atoms with van der Waals surface area (Å²) in [6.07, 6.45) is 2.21. The van der Waals surface area contributed by atoms with E-state index in [1.165, 1.54) is 16.7 Å². The zero-order valence-electron chi connectivity index (χ0n) is 18.9. The van der Waals surface area contributed by atoms with Crippen LogP contribution in [0.1, 0.15) is 62.8 Å². The predicted molar refractivity (Wildman–Crippen MR) is 121 cm³/mol. The van der Waals surface area contributed by atoms with Crippen LogP contribution in [0.5, 0.6) is 5.75 Å². The van der Waals surface area contributed by atoms with Crippen LogP contribution in [0.4, 0.5) is 0 Å². The molecule has 160 valence electrons. The van der Waals surface area contributed by atoms with Crippen LogP contribution >= 0.6 is 0 Å². The van der Waals surface area contributed by atoms with E-state index in [1.54, 1.807) is 13.2 Å². The quantitative estimate of drug-likeness (QED) is 0.464. The Morgan fingerprint density at radius 2 is 1.73 bits per heavy atom. The average molecular weight is 409 g/mol. The van der Waals surface area contributed by atoms with Crippen LogP contribution in [-0.4, -0.2) is 25.0 Å². The van der Waals surface area contributed by atoms with E-state index >= 15 is 0 Å². The molecule has 4 nitrogen and oxygen atoms in total. The first-order chi connectivity index (χ1) is 14.0.